The van der Waals surface area contributed by atoms with Crippen molar-refractivity contribution in [1.29, 1.82) is 0 Å². The van der Waals surface area contributed by atoms with Gasteiger partial charge in [0.05, 0.1) is 19.9 Å². The summed E-state index contributed by atoms with van der Waals surface area (Å²) in [5, 5.41) is 2.69. The van der Waals surface area contributed by atoms with E-state index in [9.17, 15) is 9.59 Å². The van der Waals surface area contributed by atoms with Crippen molar-refractivity contribution in [2.45, 2.75) is 32.7 Å². The summed E-state index contributed by atoms with van der Waals surface area (Å²) in [4.78, 5) is 26.2. The summed E-state index contributed by atoms with van der Waals surface area (Å²) < 4.78 is 10.6. The number of amides is 2. The Morgan fingerprint density at radius 1 is 1.31 bits per heavy atom. The Morgan fingerprint density at radius 2 is 2.00 bits per heavy atom. The number of halogens is 1. The maximum atomic E-state index is 12.9. The van der Waals surface area contributed by atoms with E-state index in [0.717, 1.165) is 12.8 Å². The third-order valence-corrected chi connectivity index (χ3v) is 4.53. The summed E-state index contributed by atoms with van der Waals surface area (Å²) in [6, 6.07) is 3.32. The number of nitrogens with one attached hydrogen (secondary N) is 1. The van der Waals surface area contributed by atoms with Gasteiger partial charge in [0.1, 0.15) is 0 Å². The van der Waals surface area contributed by atoms with Crippen molar-refractivity contribution in [1.82, 2.24) is 4.90 Å². The largest absolute Gasteiger partial charge is 0.493 e. The van der Waals surface area contributed by atoms with Gasteiger partial charge in [-0.2, -0.15) is 0 Å². The molecule has 0 aliphatic carbocycles. The molecule has 146 valence electrons. The van der Waals surface area contributed by atoms with Gasteiger partial charge in [0.25, 0.3) is 5.91 Å². The number of methoxy groups -OCH3 is 2. The van der Waals surface area contributed by atoms with Gasteiger partial charge in [-0.05, 0) is 37.8 Å². The van der Waals surface area contributed by atoms with E-state index in [1.165, 1.54) is 21.1 Å². The lowest BCUT2D eigenvalue weighted by molar-refractivity contribution is -0.114. The molecule has 2 rings (SSSR count). The van der Waals surface area contributed by atoms with E-state index in [0.29, 0.717) is 41.8 Å². The lowest BCUT2D eigenvalue weighted by Crippen LogP contribution is -2.45. The summed E-state index contributed by atoms with van der Waals surface area (Å²) in [6.45, 7) is 4.72. The van der Waals surface area contributed by atoms with Crippen molar-refractivity contribution in [3.63, 3.8) is 0 Å². The number of piperidine rings is 1. The molecule has 1 heterocycles. The zero-order valence-electron chi connectivity index (χ0n) is 15.7. The van der Waals surface area contributed by atoms with Gasteiger partial charge < -0.3 is 25.4 Å². The molecule has 2 unspecified atom stereocenters. The second-order valence-corrected chi connectivity index (χ2v) is 6.45. The van der Waals surface area contributed by atoms with Crippen LogP contribution in [-0.4, -0.2) is 50.1 Å². The fourth-order valence-electron chi connectivity index (χ4n) is 3.18. The number of anilines is 1. The highest BCUT2D eigenvalue weighted by molar-refractivity contribution is 5.99. The standard InChI is InChI=1S/C18H27N3O4.ClH/c1-11(19)13-6-5-7-21(10-13)18(23)14-8-15(20-12(2)22)17(25-4)16(9-14)24-3;/h8-9,11,13H,5-7,10,19H2,1-4H3,(H,20,22);1H. The average molecular weight is 386 g/mol. The second-order valence-electron chi connectivity index (χ2n) is 6.45. The van der Waals surface area contributed by atoms with Crippen LogP contribution in [0.3, 0.4) is 0 Å². The minimum atomic E-state index is -0.250. The van der Waals surface area contributed by atoms with E-state index in [4.69, 9.17) is 15.2 Å². The highest BCUT2D eigenvalue weighted by Crippen LogP contribution is 2.37. The lowest BCUT2D eigenvalue weighted by atomic mass is 9.92. The Labute approximate surface area is 160 Å². The number of carbonyl (C=O) groups excluding carboxylic acids is 2. The maximum absolute atomic E-state index is 12.9. The molecule has 0 aromatic heterocycles. The number of benzene rings is 1. The molecular formula is C18H28ClN3O4. The van der Waals surface area contributed by atoms with Crippen molar-refractivity contribution in [2.75, 3.05) is 32.6 Å². The first-order valence-electron chi connectivity index (χ1n) is 8.45. The van der Waals surface area contributed by atoms with Crippen molar-refractivity contribution < 1.29 is 19.1 Å². The zero-order chi connectivity index (χ0) is 18.6. The second kappa shape index (κ2) is 9.64. The van der Waals surface area contributed by atoms with Gasteiger partial charge in [-0.1, -0.05) is 0 Å². The van der Waals surface area contributed by atoms with Crippen LogP contribution in [0.25, 0.3) is 0 Å². The van der Waals surface area contributed by atoms with Gasteiger partial charge in [-0.25, -0.2) is 0 Å². The average Bonchev–Trinajstić information content (AvgIpc) is 2.59. The molecule has 0 saturated carbocycles. The van der Waals surface area contributed by atoms with E-state index in [1.54, 1.807) is 12.1 Å². The predicted molar refractivity (Wildman–Crippen MR) is 103 cm³/mol. The third kappa shape index (κ3) is 5.02. The fraction of sp³-hybridized carbons (Fsp3) is 0.556. The monoisotopic (exact) mass is 385 g/mol. The van der Waals surface area contributed by atoms with E-state index in [1.807, 2.05) is 11.8 Å². The van der Waals surface area contributed by atoms with Crippen LogP contribution in [0.4, 0.5) is 5.69 Å². The fourth-order valence-corrected chi connectivity index (χ4v) is 3.18. The summed E-state index contributed by atoms with van der Waals surface area (Å²) in [7, 11) is 2.99. The number of nitrogens with two attached hydrogens (primary N) is 1. The highest BCUT2D eigenvalue weighted by atomic mass is 35.5. The van der Waals surface area contributed by atoms with Gasteiger partial charge >= 0.3 is 0 Å². The Bertz CT molecular complexity index is 652. The van der Waals surface area contributed by atoms with Crippen LogP contribution in [0.2, 0.25) is 0 Å². The molecular weight excluding hydrogens is 358 g/mol. The molecule has 3 N–H and O–H groups in total. The summed E-state index contributed by atoms with van der Waals surface area (Å²) >= 11 is 0. The maximum Gasteiger partial charge on any atom is 0.254 e. The Morgan fingerprint density at radius 3 is 2.54 bits per heavy atom. The number of likely N-dealkylation sites (tertiary alicyclic amines) is 1. The number of hydrogen-bond acceptors (Lipinski definition) is 5. The van der Waals surface area contributed by atoms with Crippen LogP contribution in [0.5, 0.6) is 11.5 Å². The molecule has 1 aromatic rings. The Hall–Kier alpha value is -1.99. The number of carbonyl (C=O) groups is 2. The molecule has 7 nitrogen and oxygen atoms in total. The van der Waals surface area contributed by atoms with Crippen LogP contribution in [0, 0.1) is 5.92 Å². The third-order valence-electron chi connectivity index (χ3n) is 4.53. The number of hydrogen-bond donors (Lipinski definition) is 2. The molecule has 1 aliphatic heterocycles. The van der Waals surface area contributed by atoms with Crippen molar-refractivity contribution in [2.24, 2.45) is 11.7 Å². The zero-order valence-corrected chi connectivity index (χ0v) is 16.5. The molecule has 0 radical (unpaired) electrons. The molecule has 1 fully saturated rings. The lowest BCUT2D eigenvalue weighted by Gasteiger charge is -2.34. The van der Waals surface area contributed by atoms with Crippen molar-refractivity contribution in [3.8, 4) is 11.5 Å². The predicted octanol–water partition coefficient (Wildman–Crippen LogP) is 2.28. The first kappa shape index (κ1) is 22.1. The van der Waals surface area contributed by atoms with Gasteiger partial charge in [0.2, 0.25) is 5.91 Å². The van der Waals surface area contributed by atoms with E-state index in [-0.39, 0.29) is 30.3 Å². The molecule has 1 saturated heterocycles. The number of ether oxygens (including phenoxy) is 2. The quantitative estimate of drug-likeness (QED) is 0.810. The first-order chi connectivity index (χ1) is 11.9. The Balaban J connectivity index is 0.00000338. The number of nitrogens with zero attached hydrogens (tertiary/aromatic N) is 1. The summed E-state index contributed by atoms with van der Waals surface area (Å²) in [6.07, 6.45) is 1.97. The molecule has 1 aromatic carbocycles. The minimum absolute atomic E-state index is 0. The van der Waals surface area contributed by atoms with Gasteiger partial charge in [-0.3, -0.25) is 9.59 Å². The smallest absolute Gasteiger partial charge is 0.254 e. The Kier molecular flexibility index (Phi) is 8.17. The van der Waals surface area contributed by atoms with Crippen LogP contribution >= 0.6 is 12.4 Å². The van der Waals surface area contributed by atoms with Crippen LogP contribution in [-0.2, 0) is 4.79 Å². The van der Waals surface area contributed by atoms with E-state index >= 15 is 0 Å². The molecule has 2 amide bonds. The van der Waals surface area contributed by atoms with Gasteiger partial charge in [0, 0.05) is 31.6 Å². The molecule has 0 spiro atoms. The molecule has 2 atom stereocenters. The highest BCUT2D eigenvalue weighted by Gasteiger charge is 2.27. The summed E-state index contributed by atoms with van der Waals surface area (Å²) in [5.41, 5.74) is 6.87. The van der Waals surface area contributed by atoms with Gasteiger partial charge in [-0.15, -0.1) is 12.4 Å². The molecule has 8 heteroatoms. The summed E-state index contributed by atoms with van der Waals surface area (Å²) in [5.74, 6) is 0.740. The van der Waals surface area contributed by atoms with E-state index in [2.05, 4.69) is 5.32 Å². The van der Waals surface area contributed by atoms with Crippen LogP contribution < -0.4 is 20.5 Å². The number of rotatable bonds is 5. The van der Waals surface area contributed by atoms with Gasteiger partial charge in [0.15, 0.2) is 11.5 Å². The van der Waals surface area contributed by atoms with E-state index < -0.39 is 0 Å². The molecule has 1 aliphatic rings. The normalized spacial score (nSPS) is 17.7. The molecule has 0 bridgehead atoms. The first-order valence-corrected chi connectivity index (χ1v) is 8.45. The SMILES string of the molecule is COc1cc(C(=O)N2CCCC(C(C)N)C2)cc(NC(C)=O)c1OC.Cl. The van der Waals surface area contributed by atoms with Crippen LogP contribution in [0.15, 0.2) is 12.1 Å². The minimum Gasteiger partial charge on any atom is -0.493 e. The topological polar surface area (TPSA) is 93.9 Å². The van der Waals surface area contributed by atoms with Crippen molar-refractivity contribution in [3.05, 3.63) is 17.7 Å². The van der Waals surface area contributed by atoms with Crippen molar-refractivity contribution >= 4 is 29.9 Å². The van der Waals surface area contributed by atoms with Crippen LogP contribution in [0.1, 0.15) is 37.0 Å². The molecule has 26 heavy (non-hydrogen) atoms.